The summed E-state index contributed by atoms with van der Waals surface area (Å²) in [5, 5.41) is 0. The second-order valence-corrected chi connectivity index (χ2v) is 3.94. The van der Waals surface area contributed by atoms with Gasteiger partial charge in [-0.3, -0.25) is 4.79 Å². The molecule has 21 heavy (non-hydrogen) atoms. The van der Waals surface area contributed by atoms with Crippen molar-refractivity contribution in [3.8, 4) is 6.42 Å². The van der Waals surface area contributed by atoms with Gasteiger partial charge in [0, 0.05) is 12.8 Å². The second kappa shape index (κ2) is 13.4. The molecule has 0 amide bonds. The molecule has 2 rings (SSSR count). The van der Waals surface area contributed by atoms with Crippen LogP contribution in [0.4, 0.5) is 0 Å². The maximum absolute atomic E-state index is 11.5. The van der Waals surface area contributed by atoms with Gasteiger partial charge in [0.1, 0.15) is 0 Å². The van der Waals surface area contributed by atoms with E-state index in [1.807, 2.05) is 13.8 Å². The standard InChI is InChI=1S/C12H17O4.C2H6.C2H.Na/c1-2-14-11(13)9-10-5-3-4-6-12(10)15-7-8-16-12;2*1-2;/h2-4,6-9H2,1H3;1-2H3;1H;/q-1;;-1;+1. The van der Waals surface area contributed by atoms with Crippen molar-refractivity contribution >= 4 is 5.97 Å². The van der Waals surface area contributed by atoms with E-state index in [4.69, 9.17) is 20.6 Å². The molecule has 4 nitrogen and oxygen atoms in total. The van der Waals surface area contributed by atoms with E-state index in [9.17, 15) is 4.79 Å². The number of carbonyl (C=O) groups is 1. The number of hydrogen-bond acceptors (Lipinski definition) is 4. The molecular formula is C16H24NaO4-. The molecule has 0 aromatic rings. The van der Waals surface area contributed by atoms with Gasteiger partial charge in [-0.05, 0) is 6.92 Å². The zero-order valence-corrected chi connectivity index (χ0v) is 15.7. The predicted octanol–water partition coefficient (Wildman–Crippen LogP) is -0.168. The topological polar surface area (TPSA) is 44.8 Å². The number of allylic oxidation sites excluding steroid dienone is 1. The average Bonchev–Trinajstić information content (AvgIpc) is 2.96. The van der Waals surface area contributed by atoms with Crippen LogP contribution in [-0.2, 0) is 19.0 Å². The summed E-state index contributed by atoms with van der Waals surface area (Å²) < 4.78 is 16.2. The molecule has 0 N–H and O–H groups in total. The van der Waals surface area contributed by atoms with Crippen molar-refractivity contribution in [1.82, 2.24) is 0 Å². The monoisotopic (exact) mass is 303 g/mol. The van der Waals surface area contributed by atoms with Gasteiger partial charge < -0.3 is 33.1 Å². The molecule has 5 heteroatoms. The van der Waals surface area contributed by atoms with Crippen molar-refractivity contribution in [2.75, 3.05) is 19.8 Å². The maximum atomic E-state index is 11.5. The van der Waals surface area contributed by atoms with Crippen LogP contribution < -0.4 is 29.6 Å². The molecule has 0 unspecified atom stereocenters. The van der Waals surface area contributed by atoms with Crippen molar-refractivity contribution in [3.63, 3.8) is 0 Å². The first-order valence-electron chi connectivity index (χ1n) is 7.09. The van der Waals surface area contributed by atoms with Crippen LogP contribution in [-0.4, -0.2) is 31.6 Å². The Labute approximate surface area is 150 Å². The van der Waals surface area contributed by atoms with Crippen molar-refractivity contribution in [1.29, 1.82) is 0 Å². The zero-order chi connectivity index (χ0) is 15.4. The van der Waals surface area contributed by atoms with E-state index in [-0.39, 0.29) is 41.9 Å². The smallest absolute Gasteiger partial charge is 0.697 e. The van der Waals surface area contributed by atoms with Gasteiger partial charge in [-0.25, -0.2) is 0 Å². The second-order valence-electron chi connectivity index (χ2n) is 3.94. The van der Waals surface area contributed by atoms with Crippen molar-refractivity contribution in [2.45, 2.75) is 52.2 Å². The van der Waals surface area contributed by atoms with Crippen molar-refractivity contribution < 1.29 is 48.6 Å². The third-order valence-corrected chi connectivity index (χ3v) is 2.86. The predicted molar refractivity (Wildman–Crippen MR) is 76.0 cm³/mol. The van der Waals surface area contributed by atoms with Gasteiger partial charge in [0.15, 0.2) is 5.79 Å². The normalized spacial score (nSPS) is 18.0. The van der Waals surface area contributed by atoms with E-state index < -0.39 is 5.79 Å². The Kier molecular flexibility index (Phi) is 14.6. The van der Waals surface area contributed by atoms with E-state index >= 15 is 0 Å². The molecule has 0 aromatic carbocycles. The third kappa shape index (κ3) is 6.99. The molecule has 0 radical (unpaired) electrons. The molecule has 0 bridgehead atoms. The molecule has 114 valence electrons. The first-order valence-corrected chi connectivity index (χ1v) is 7.09. The minimum atomic E-state index is -0.676. The van der Waals surface area contributed by atoms with E-state index in [1.54, 1.807) is 6.92 Å². The number of terminal acetylenes is 1. The fourth-order valence-corrected chi connectivity index (χ4v) is 2.17. The Hall–Kier alpha value is -0.310. The van der Waals surface area contributed by atoms with Crippen LogP contribution in [0.25, 0.3) is 0 Å². The Morgan fingerprint density at radius 3 is 2.48 bits per heavy atom. The zero-order valence-electron chi connectivity index (χ0n) is 13.7. The van der Waals surface area contributed by atoms with Crippen LogP contribution in [0.15, 0.2) is 5.57 Å². The van der Waals surface area contributed by atoms with Gasteiger partial charge in [-0.1, -0.05) is 20.3 Å². The number of ether oxygens (including phenoxy) is 3. The third-order valence-electron chi connectivity index (χ3n) is 2.86. The molecular weight excluding hydrogens is 279 g/mol. The Balaban J connectivity index is 0. The van der Waals surface area contributed by atoms with Crippen LogP contribution in [0.2, 0.25) is 0 Å². The van der Waals surface area contributed by atoms with Crippen LogP contribution in [0.5, 0.6) is 0 Å². The largest absolute Gasteiger partial charge is 1.00 e. The fraction of sp³-hybridized carbons (Fsp3) is 0.688. The molecule has 1 spiro atoms. The van der Waals surface area contributed by atoms with Crippen molar-refractivity contribution in [3.05, 3.63) is 18.1 Å². The summed E-state index contributed by atoms with van der Waals surface area (Å²) in [5.41, 5.74) is 0.815. The number of esters is 1. The summed E-state index contributed by atoms with van der Waals surface area (Å²) in [4.78, 5) is 11.5. The summed E-state index contributed by atoms with van der Waals surface area (Å²) in [7, 11) is 0. The first-order chi connectivity index (χ1) is 9.77. The molecule has 0 atom stereocenters. The van der Waals surface area contributed by atoms with Gasteiger partial charge in [-0.15, -0.1) is 0 Å². The van der Waals surface area contributed by atoms with E-state index in [2.05, 4.69) is 12.5 Å². The molecule has 1 saturated heterocycles. The number of carbonyl (C=O) groups excluding carboxylic acids is 1. The molecule has 2 aliphatic rings. The minimum absolute atomic E-state index is 0. The van der Waals surface area contributed by atoms with E-state index in [0.717, 1.165) is 24.8 Å². The van der Waals surface area contributed by atoms with E-state index in [0.29, 0.717) is 19.8 Å². The van der Waals surface area contributed by atoms with Gasteiger partial charge in [-0.2, -0.15) is 12.0 Å². The molecule has 1 aliphatic carbocycles. The summed E-state index contributed by atoms with van der Waals surface area (Å²) in [5.74, 6) is -0.907. The molecule has 0 saturated carbocycles. The summed E-state index contributed by atoms with van der Waals surface area (Å²) in [6, 6.07) is 0. The molecule has 1 fully saturated rings. The van der Waals surface area contributed by atoms with Gasteiger partial charge in [0.05, 0.1) is 19.8 Å². The molecule has 1 heterocycles. The number of rotatable bonds is 3. The summed E-state index contributed by atoms with van der Waals surface area (Å²) in [6.45, 7) is 7.39. The minimum Gasteiger partial charge on any atom is -0.697 e. The van der Waals surface area contributed by atoms with Gasteiger partial charge in [0.25, 0.3) is 0 Å². The molecule has 0 aromatic heterocycles. The van der Waals surface area contributed by atoms with Crippen LogP contribution in [0.3, 0.4) is 0 Å². The fourth-order valence-electron chi connectivity index (χ4n) is 2.17. The van der Waals surface area contributed by atoms with Crippen LogP contribution in [0.1, 0.15) is 46.5 Å². The maximum Gasteiger partial charge on any atom is 1.00 e. The Morgan fingerprint density at radius 2 is 1.95 bits per heavy atom. The molecule has 1 aliphatic heterocycles. The van der Waals surface area contributed by atoms with Crippen LogP contribution in [0, 0.1) is 18.9 Å². The van der Waals surface area contributed by atoms with Gasteiger partial charge >= 0.3 is 35.5 Å². The Morgan fingerprint density at radius 1 is 1.38 bits per heavy atom. The van der Waals surface area contributed by atoms with Gasteiger partial charge in [0.2, 0.25) is 0 Å². The van der Waals surface area contributed by atoms with Crippen LogP contribution >= 0.6 is 0 Å². The summed E-state index contributed by atoms with van der Waals surface area (Å²) in [6.07, 6.45) is 15.1. The number of hydrogen-bond donors (Lipinski definition) is 0. The van der Waals surface area contributed by atoms with E-state index in [1.165, 1.54) is 0 Å². The quantitative estimate of drug-likeness (QED) is 0.314. The first kappa shape index (κ1) is 23.0. The Bertz CT molecular complexity index is 330. The summed E-state index contributed by atoms with van der Waals surface area (Å²) >= 11 is 0. The van der Waals surface area contributed by atoms with Crippen molar-refractivity contribution in [2.24, 2.45) is 0 Å². The SMILES string of the molecule is CC.CCOC(=O)CC1=[C-]CCCC12OCCO2.[C-]#C.[Na+]. The average molecular weight is 303 g/mol.